The lowest BCUT2D eigenvalue weighted by molar-refractivity contribution is 0.0743. The van der Waals surface area contributed by atoms with Crippen LogP contribution in [0.4, 0.5) is 0 Å². The van der Waals surface area contributed by atoms with Crippen molar-refractivity contribution in [1.29, 1.82) is 0 Å². The van der Waals surface area contributed by atoms with Gasteiger partial charge in [0, 0.05) is 19.6 Å². The molecule has 2 heteroatoms. The van der Waals surface area contributed by atoms with Crippen molar-refractivity contribution in [2.75, 3.05) is 20.7 Å². The molecule has 0 bridgehead atoms. The Kier molecular flexibility index (Phi) is 4.37. The summed E-state index contributed by atoms with van der Waals surface area (Å²) in [5, 5.41) is 0. The molecule has 2 nitrogen and oxygen atoms in total. The number of rotatable bonds is 3. The van der Waals surface area contributed by atoms with E-state index in [4.69, 9.17) is 4.74 Å². The molecule has 3 rings (SSSR count). The molecule has 0 saturated heterocycles. The van der Waals surface area contributed by atoms with Crippen molar-refractivity contribution in [3.8, 4) is 0 Å². The summed E-state index contributed by atoms with van der Waals surface area (Å²) < 4.78 is 5.90. The zero-order valence-electron chi connectivity index (χ0n) is 12.8. The smallest absolute Gasteiger partial charge is 0.0890 e. The molecule has 0 saturated carbocycles. The highest BCUT2D eigenvalue weighted by molar-refractivity contribution is 5.34. The van der Waals surface area contributed by atoms with Gasteiger partial charge in [0.05, 0.1) is 6.10 Å². The summed E-state index contributed by atoms with van der Waals surface area (Å²) >= 11 is 0. The predicted molar refractivity (Wildman–Crippen MR) is 86.3 cm³/mol. The monoisotopic (exact) mass is 281 g/mol. The molecule has 0 N–H and O–H groups in total. The highest BCUT2D eigenvalue weighted by Crippen LogP contribution is 2.39. The van der Waals surface area contributed by atoms with Crippen LogP contribution in [0.1, 0.15) is 35.1 Å². The lowest BCUT2D eigenvalue weighted by Crippen LogP contribution is -2.19. The molecule has 0 spiro atoms. The third kappa shape index (κ3) is 3.02. The molecule has 0 aromatic heterocycles. The molecule has 2 atom stereocenters. The Balaban J connectivity index is 2.00. The molecular weight excluding hydrogens is 258 g/mol. The minimum Gasteiger partial charge on any atom is -0.376 e. The van der Waals surface area contributed by atoms with Crippen molar-refractivity contribution >= 4 is 0 Å². The number of benzene rings is 2. The van der Waals surface area contributed by atoms with Crippen molar-refractivity contribution in [1.82, 2.24) is 4.90 Å². The third-order valence-electron chi connectivity index (χ3n) is 4.46. The normalized spacial score (nSPS) is 20.6. The molecule has 0 aliphatic carbocycles. The second-order valence-corrected chi connectivity index (χ2v) is 5.90. The fourth-order valence-electron chi connectivity index (χ4n) is 3.41. The first kappa shape index (κ1) is 14.3. The van der Waals surface area contributed by atoms with Gasteiger partial charge >= 0.3 is 0 Å². The van der Waals surface area contributed by atoms with E-state index in [2.05, 4.69) is 66.5 Å². The summed E-state index contributed by atoms with van der Waals surface area (Å²) in [6.07, 6.45) is 1.25. The molecule has 0 fully saturated rings. The van der Waals surface area contributed by atoms with Gasteiger partial charge in [-0.2, -0.15) is 0 Å². The minimum atomic E-state index is 0.124. The Morgan fingerprint density at radius 2 is 1.76 bits per heavy atom. The Hall–Kier alpha value is -1.64. The first-order chi connectivity index (χ1) is 10.3. The number of hydrogen-bond acceptors (Lipinski definition) is 2. The van der Waals surface area contributed by atoms with Crippen LogP contribution in [-0.4, -0.2) is 25.6 Å². The van der Waals surface area contributed by atoms with Crippen LogP contribution in [0.25, 0.3) is 0 Å². The summed E-state index contributed by atoms with van der Waals surface area (Å²) in [4.78, 5) is 2.40. The van der Waals surface area contributed by atoms with E-state index in [0.29, 0.717) is 5.92 Å². The van der Waals surface area contributed by atoms with E-state index in [-0.39, 0.29) is 6.10 Å². The van der Waals surface area contributed by atoms with Gasteiger partial charge in [0.2, 0.25) is 0 Å². The molecule has 2 aromatic carbocycles. The third-order valence-corrected chi connectivity index (χ3v) is 4.46. The fraction of sp³-hybridized carbons (Fsp3) is 0.368. The van der Waals surface area contributed by atoms with E-state index in [1.165, 1.54) is 16.7 Å². The van der Waals surface area contributed by atoms with Crippen LogP contribution in [0.5, 0.6) is 0 Å². The number of fused-ring (bicyclic) bond motifs is 1. The van der Waals surface area contributed by atoms with E-state index in [9.17, 15) is 0 Å². The van der Waals surface area contributed by atoms with Crippen LogP contribution < -0.4 is 0 Å². The zero-order chi connectivity index (χ0) is 14.7. The highest BCUT2D eigenvalue weighted by atomic mass is 16.5. The molecule has 21 heavy (non-hydrogen) atoms. The van der Waals surface area contributed by atoms with Crippen LogP contribution in [-0.2, 0) is 11.3 Å². The Labute approximate surface area is 127 Å². The Morgan fingerprint density at radius 3 is 2.52 bits per heavy atom. The molecule has 0 radical (unpaired) electrons. The van der Waals surface area contributed by atoms with E-state index < -0.39 is 0 Å². The zero-order valence-corrected chi connectivity index (χ0v) is 12.8. The quantitative estimate of drug-likeness (QED) is 0.843. The van der Waals surface area contributed by atoms with Crippen molar-refractivity contribution in [2.45, 2.75) is 25.0 Å². The molecule has 1 heterocycles. The number of methoxy groups -OCH3 is 1. The van der Waals surface area contributed by atoms with Crippen molar-refractivity contribution < 1.29 is 4.74 Å². The second kappa shape index (κ2) is 6.42. The van der Waals surface area contributed by atoms with Gasteiger partial charge in [-0.15, -0.1) is 0 Å². The maximum absolute atomic E-state index is 5.90. The Bertz CT molecular complexity index is 581. The first-order valence-corrected chi connectivity index (χ1v) is 7.63. The van der Waals surface area contributed by atoms with Crippen LogP contribution >= 0.6 is 0 Å². The lowest BCUT2D eigenvalue weighted by Gasteiger charge is -2.27. The average Bonchev–Trinajstić information content (AvgIpc) is 2.69. The van der Waals surface area contributed by atoms with Gasteiger partial charge in [-0.05, 0) is 36.7 Å². The minimum absolute atomic E-state index is 0.124. The van der Waals surface area contributed by atoms with Gasteiger partial charge in [-0.1, -0.05) is 54.6 Å². The number of hydrogen-bond donors (Lipinski definition) is 0. The van der Waals surface area contributed by atoms with Crippen molar-refractivity contribution in [3.63, 3.8) is 0 Å². The van der Waals surface area contributed by atoms with Crippen molar-refractivity contribution in [2.24, 2.45) is 0 Å². The predicted octanol–water partition coefficient (Wildman–Crippen LogP) is 3.99. The van der Waals surface area contributed by atoms with Gasteiger partial charge in [-0.25, -0.2) is 0 Å². The van der Waals surface area contributed by atoms with Gasteiger partial charge in [-0.3, -0.25) is 0 Å². The highest BCUT2D eigenvalue weighted by Gasteiger charge is 2.28. The van der Waals surface area contributed by atoms with Gasteiger partial charge in [0.1, 0.15) is 0 Å². The molecule has 0 unspecified atom stereocenters. The summed E-state index contributed by atoms with van der Waals surface area (Å²) in [6, 6.07) is 19.4. The molecule has 1 aliphatic rings. The topological polar surface area (TPSA) is 12.5 Å². The first-order valence-electron chi connectivity index (χ1n) is 7.63. The van der Waals surface area contributed by atoms with Crippen molar-refractivity contribution in [3.05, 3.63) is 71.3 Å². The Morgan fingerprint density at radius 1 is 1.05 bits per heavy atom. The average molecular weight is 281 g/mol. The summed E-state index contributed by atoms with van der Waals surface area (Å²) in [7, 11) is 4.03. The lowest BCUT2D eigenvalue weighted by atomic mass is 9.85. The molecule has 110 valence electrons. The van der Waals surface area contributed by atoms with E-state index in [0.717, 1.165) is 19.5 Å². The maximum Gasteiger partial charge on any atom is 0.0890 e. The molecule has 1 aliphatic heterocycles. The molecule has 0 amide bonds. The summed E-state index contributed by atoms with van der Waals surface area (Å²) in [5.74, 6) is 0.415. The van der Waals surface area contributed by atoms with Crippen LogP contribution in [0.2, 0.25) is 0 Å². The molecule has 2 aromatic rings. The second-order valence-electron chi connectivity index (χ2n) is 5.90. The molecular formula is C19H23NO. The summed E-state index contributed by atoms with van der Waals surface area (Å²) in [5.41, 5.74) is 4.14. The van der Waals surface area contributed by atoms with E-state index >= 15 is 0 Å². The van der Waals surface area contributed by atoms with Crippen LogP contribution in [0.15, 0.2) is 54.6 Å². The summed E-state index contributed by atoms with van der Waals surface area (Å²) in [6.45, 7) is 2.13. The van der Waals surface area contributed by atoms with Gasteiger partial charge in [0.25, 0.3) is 0 Å². The maximum atomic E-state index is 5.90. The number of nitrogens with zero attached hydrogens (tertiary/aromatic N) is 1. The largest absolute Gasteiger partial charge is 0.376 e. The SMILES string of the molecule is CO[C@@H](c1ccccc1)[C@H]1CCN(C)Cc2ccccc21. The van der Waals surface area contributed by atoms with E-state index in [1.54, 1.807) is 0 Å². The van der Waals surface area contributed by atoms with Gasteiger partial charge in [0.15, 0.2) is 0 Å². The fourth-order valence-corrected chi connectivity index (χ4v) is 3.41. The standard InChI is InChI=1S/C19H23NO/c1-20-13-12-18(17-11-7-6-10-16(17)14-20)19(21-2)15-8-4-3-5-9-15/h3-11,18-19H,12-14H2,1-2H3/t18-,19-/m0/s1. The van der Waals surface area contributed by atoms with Crippen LogP contribution in [0, 0.1) is 0 Å². The van der Waals surface area contributed by atoms with E-state index in [1.807, 2.05) is 7.11 Å². The van der Waals surface area contributed by atoms with Crippen LogP contribution in [0.3, 0.4) is 0 Å². The number of ether oxygens (including phenoxy) is 1. The van der Waals surface area contributed by atoms with Gasteiger partial charge < -0.3 is 9.64 Å².